The molecule has 142 valence electrons. The lowest BCUT2D eigenvalue weighted by Crippen LogP contribution is -2.12. The first-order valence-corrected chi connectivity index (χ1v) is 9.11. The molecule has 0 fully saturated rings. The number of sulfonamides is 1. The molecule has 9 heteroatoms. The fourth-order valence-electron chi connectivity index (χ4n) is 2.27. The van der Waals surface area contributed by atoms with Crippen molar-refractivity contribution in [2.24, 2.45) is 5.14 Å². The van der Waals surface area contributed by atoms with E-state index >= 15 is 0 Å². The summed E-state index contributed by atoms with van der Waals surface area (Å²) in [6, 6.07) is 9.71. The standard InChI is InChI=1S/C18H17NO7S/c1-11(20)26-16-8-3-12(10-17(16)25-2)9-15(18(21)22)13-4-6-14(7-5-13)27(19,23)24/h3-10H,1-2H3,(H,21,22)(H2,19,23,24)/b15-9+. The molecule has 8 nitrogen and oxygen atoms in total. The minimum absolute atomic E-state index is 0.0711. The van der Waals surface area contributed by atoms with E-state index in [0.717, 1.165) is 0 Å². The van der Waals surface area contributed by atoms with Crippen LogP contribution in [-0.4, -0.2) is 32.6 Å². The van der Waals surface area contributed by atoms with Crippen LogP contribution in [0.25, 0.3) is 11.6 Å². The van der Waals surface area contributed by atoms with E-state index in [1.807, 2.05) is 0 Å². The van der Waals surface area contributed by atoms with Gasteiger partial charge in [0, 0.05) is 6.92 Å². The number of hydrogen-bond acceptors (Lipinski definition) is 6. The summed E-state index contributed by atoms with van der Waals surface area (Å²) in [5, 5.41) is 14.5. The van der Waals surface area contributed by atoms with Gasteiger partial charge in [0.1, 0.15) is 0 Å². The zero-order chi connectivity index (χ0) is 20.2. The van der Waals surface area contributed by atoms with Crippen LogP contribution in [0.15, 0.2) is 47.4 Å². The number of hydrogen-bond donors (Lipinski definition) is 2. The average molecular weight is 391 g/mol. The maximum atomic E-state index is 11.6. The smallest absolute Gasteiger partial charge is 0.336 e. The Bertz CT molecular complexity index is 1010. The van der Waals surface area contributed by atoms with Crippen molar-refractivity contribution in [1.82, 2.24) is 0 Å². The maximum absolute atomic E-state index is 11.6. The van der Waals surface area contributed by atoms with Crippen molar-refractivity contribution >= 4 is 33.6 Å². The normalized spacial score (nSPS) is 11.7. The second kappa shape index (κ2) is 8.02. The van der Waals surface area contributed by atoms with Gasteiger partial charge in [-0.1, -0.05) is 18.2 Å². The van der Waals surface area contributed by atoms with Crippen LogP contribution in [0.5, 0.6) is 11.5 Å². The molecule has 0 radical (unpaired) electrons. The number of methoxy groups -OCH3 is 1. The number of benzene rings is 2. The minimum Gasteiger partial charge on any atom is -0.493 e. The SMILES string of the molecule is COc1cc(/C=C(/C(=O)O)c2ccc(S(N)(=O)=O)cc2)ccc1OC(C)=O. The first-order chi connectivity index (χ1) is 12.6. The molecule has 0 aliphatic heterocycles. The Morgan fingerprint density at radius 1 is 1.07 bits per heavy atom. The van der Waals surface area contributed by atoms with Crippen LogP contribution in [0.2, 0.25) is 0 Å². The van der Waals surface area contributed by atoms with E-state index in [-0.39, 0.29) is 27.5 Å². The highest BCUT2D eigenvalue weighted by Gasteiger charge is 2.14. The van der Waals surface area contributed by atoms with Gasteiger partial charge in [-0.05, 0) is 41.5 Å². The fourth-order valence-corrected chi connectivity index (χ4v) is 2.79. The predicted octanol–water partition coefficient (Wildman–Crippen LogP) is 1.89. The van der Waals surface area contributed by atoms with E-state index in [2.05, 4.69) is 0 Å². The molecule has 0 spiro atoms. The van der Waals surface area contributed by atoms with Gasteiger partial charge in [0.05, 0.1) is 17.6 Å². The highest BCUT2D eigenvalue weighted by atomic mass is 32.2. The molecule has 0 amide bonds. The van der Waals surface area contributed by atoms with Crippen LogP contribution >= 0.6 is 0 Å². The Balaban J connectivity index is 2.46. The number of primary sulfonamides is 1. The van der Waals surface area contributed by atoms with Crippen molar-refractivity contribution in [3.8, 4) is 11.5 Å². The van der Waals surface area contributed by atoms with Crippen LogP contribution in [0.4, 0.5) is 0 Å². The van der Waals surface area contributed by atoms with Crippen LogP contribution in [-0.2, 0) is 19.6 Å². The lowest BCUT2D eigenvalue weighted by Gasteiger charge is -2.09. The number of carbonyl (C=O) groups excluding carboxylic acids is 1. The molecular formula is C18H17NO7S. The maximum Gasteiger partial charge on any atom is 0.336 e. The predicted molar refractivity (Wildman–Crippen MR) is 97.6 cm³/mol. The Morgan fingerprint density at radius 2 is 1.70 bits per heavy atom. The van der Waals surface area contributed by atoms with Gasteiger partial charge in [-0.25, -0.2) is 18.4 Å². The monoisotopic (exact) mass is 391 g/mol. The van der Waals surface area contributed by atoms with Gasteiger partial charge in [0.25, 0.3) is 0 Å². The molecule has 0 atom stereocenters. The molecule has 3 N–H and O–H groups in total. The molecular weight excluding hydrogens is 374 g/mol. The summed E-state index contributed by atoms with van der Waals surface area (Å²) < 4.78 is 32.8. The summed E-state index contributed by atoms with van der Waals surface area (Å²) in [5.41, 5.74) is 0.701. The molecule has 0 aliphatic carbocycles. The summed E-state index contributed by atoms with van der Waals surface area (Å²) >= 11 is 0. The van der Waals surface area contributed by atoms with E-state index in [0.29, 0.717) is 5.56 Å². The third-order valence-electron chi connectivity index (χ3n) is 3.48. The third-order valence-corrected chi connectivity index (χ3v) is 4.41. The van der Waals surface area contributed by atoms with Gasteiger partial charge in [0.15, 0.2) is 11.5 Å². The third kappa shape index (κ3) is 5.16. The molecule has 2 aromatic carbocycles. The number of carboxylic acids is 1. The second-order valence-electron chi connectivity index (χ2n) is 5.44. The molecule has 0 aliphatic rings. The van der Waals surface area contributed by atoms with E-state index in [1.54, 1.807) is 6.07 Å². The molecule has 0 heterocycles. The minimum atomic E-state index is -3.87. The van der Waals surface area contributed by atoms with Crippen molar-refractivity contribution in [3.05, 3.63) is 53.6 Å². The Kier molecular flexibility index (Phi) is 5.98. The van der Waals surface area contributed by atoms with E-state index in [9.17, 15) is 23.1 Å². The molecule has 0 saturated heterocycles. The molecule has 2 aromatic rings. The summed E-state index contributed by atoms with van der Waals surface area (Å²) in [6.07, 6.45) is 1.38. The lowest BCUT2D eigenvalue weighted by atomic mass is 10.0. The van der Waals surface area contributed by atoms with E-state index < -0.39 is 22.0 Å². The number of rotatable bonds is 6. The van der Waals surface area contributed by atoms with Crippen LogP contribution < -0.4 is 14.6 Å². The van der Waals surface area contributed by atoms with Crippen molar-refractivity contribution in [2.75, 3.05) is 7.11 Å². The molecule has 27 heavy (non-hydrogen) atoms. The Hall–Kier alpha value is -3.17. The number of esters is 1. The number of ether oxygens (including phenoxy) is 2. The quantitative estimate of drug-likeness (QED) is 0.332. The first kappa shape index (κ1) is 20.1. The zero-order valence-corrected chi connectivity index (χ0v) is 15.3. The van der Waals surface area contributed by atoms with E-state index in [4.69, 9.17) is 14.6 Å². The van der Waals surface area contributed by atoms with Crippen LogP contribution in [0.3, 0.4) is 0 Å². The van der Waals surface area contributed by atoms with Crippen molar-refractivity contribution in [1.29, 1.82) is 0 Å². The summed E-state index contributed by atoms with van der Waals surface area (Å²) in [6.45, 7) is 1.25. The molecule has 0 saturated carbocycles. The largest absolute Gasteiger partial charge is 0.493 e. The average Bonchev–Trinajstić information content (AvgIpc) is 2.59. The Labute approximate surface area is 155 Å². The molecule has 2 rings (SSSR count). The van der Waals surface area contributed by atoms with E-state index in [1.165, 1.54) is 56.5 Å². The summed E-state index contributed by atoms with van der Waals surface area (Å²) in [5.74, 6) is -1.26. The van der Waals surface area contributed by atoms with Crippen LogP contribution in [0.1, 0.15) is 18.1 Å². The van der Waals surface area contributed by atoms with Gasteiger partial charge in [-0.3, -0.25) is 4.79 Å². The van der Waals surface area contributed by atoms with Gasteiger partial charge < -0.3 is 14.6 Å². The van der Waals surface area contributed by atoms with Gasteiger partial charge in [0.2, 0.25) is 10.0 Å². The summed E-state index contributed by atoms with van der Waals surface area (Å²) in [7, 11) is -2.48. The first-order valence-electron chi connectivity index (χ1n) is 7.56. The topological polar surface area (TPSA) is 133 Å². The highest BCUT2D eigenvalue weighted by Crippen LogP contribution is 2.30. The van der Waals surface area contributed by atoms with Crippen molar-refractivity contribution in [3.63, 3.8) is 0 Å². The number of carboxylic acid groups (broad SMARTS) is 1. The Morgan fingerprint density at radius 3 is 2.19 bits per heavy atom. The number of aliphatic carboxylic acids is 1. The van der Waals surface area contributed by atoms with Gasteiger partial charge >= 0.3 is 11.9 Å². The van der Waals surface area contributed by atoms with Crippen molar-refractivity contribution in [2.45, 2.75) is 11.8 Å². The lowest BCUT2D eigenvalue weighted by molar-refractivity contribution is -0.132. The summed E-state index contributed by atoms with van der Waals surface area (Å²) in [4.78, 5) is 22.6. The number of nitrogens with two attached hydrogens (primary N) is 1. The van der Waals surface area contributed by atoms with Crippen LogP contribution in [0, 0.1) is 0 Å². The van der Waals surface area contributed by atoms with Gasteiger partial charge in [-0.2, -0.15) is 0 Å². The van der Waals surface area contributed by atoms with Crippen molar-refractivity contribution < 1.29 is 32.6 Å². The fraction of sp³-hybridized carbons (Fsp3) is 0.111. The molecule has 0 unspecified atom stereocenters. The van der Waals surface area contributed by atoms with Gasteiger partial charge in [-0.15, -0.1) is 0 Å². The highest BCUT2D eigenvalue weighted by molar-refractivity contribution is 7.89. The zero-order valence-electron chi connectivity index (χ0n) is 14.5. The number of carbonyl (C=O) groups is 2. The molecule has 0 bridgehead atoms. The molecule has 0 aromatic heterocycles. The second-order valence-corrected chi connectivity index (χ2v) is 7.00.